The summed E-state index contributed by atoms with van der Waals surface area (Å²) in [6, 6.07) is 10.7. The van der Waals surface area contributed by atoms with Crippen molar-refractivity contribution in [2.75, 3.05) is 6.61 Å². The molecule has 0 aliphatic heterocycles. The number of carbonyl (C=O) groups is 1. The number of ether oxygens (including phenoxy) is 1. The van der Waals surface area contributed by atoms with Gasteiger partial charge >= 0.3 is 5.91 Å². The van der Waals surface area contributed by atoms with E-state index in [1.807, 2.05) is 24.3 Å². The summed E-state index contributed by atoms with van der Waals surface area (Å²) in [6.45, 7) is 2.76. The van der Waals surface area contributed by atoms with Crippen LogP contribution in [0.4, 0.5) is 0 Å². The summed E-state index contributed by atoms with van der Waals surface area (Å²) >= 11 is 0. The highest BCUT2D eigenvalue weighted by Gasteiger charge is 2.05. The minimum Gasteiger partial charge on any atom is -0.494 e. The number of benzene rings is 1. The summed E-state index contributed by atoms with van der Waals surface area (Å²) in [7, 11) is 0. The van der Waals surface area contributed by atoms with Gasteiger partial charge in [0.1, 0.15) is 5.75 Å². The molecule has 0 saturated heterocycles. The Balaban J connectivity index is 1.86. The molecule has 1 aromatic carbocycles. The molecular formula is C15H16N2O3. The number of furan rings is 1. The first-order chi connectivity index (χ1) is 9.79. The van der Waals surface area contributed by atoms with Crippen LogP contribution in [0.25, 0.3) is 0 Å². The first-order valence-corrected chi connectivity index (χ1v) is 6.39. The monoisotopic (exact) mass is 272 g/mol. The molecule has 104 valence electrons. The van der Waals surface area contributed by atoms with E-state index in [4.69, 9.17) is 9.15 Å². The van der Waals surface area contributed by atoms with E-state index in [-0.39, 0.29) is 11.7 Å². The van der Waals surface area contributed by atoms with Gasteiger partial charge in [0.2, 0.25) is 0 Å². The molecule has 0 aliphatic rings. The quantitative estimate of drug-likeness (QED) is 0.649. The van der Waals surface area contributed by atoms with Crippen molar-refractivity contribution in [2.45, 2.75) is 13.3 Å². The minimum atomic E-state index is -0.380. The van der Waals surface area contributed by atoms with Gasteiger partial charge in [0.15, 0.2) is 5.76 Å². The predicted octanol–water partition coefficient (Wildman–Crippen LogP) is 2.83. The Hall–Kier alpha value is -2.56. The summed E-state index contributed by atoms with van der Waals surface area (Å²) in [6.07, 6.45) is 3.97. The van der Waals surface area contributed by atoms with E-state index in [0.717, 1.165) is 17.7 Å². The lowest BCUT2D eigenvalue weighted by molar-refractivity contribution is 0.0927. The summed E-state index contributed by atoms with van der Waals surface area (Å²) in [5.41, 5.74) is 3.26. The molecule has 1 aromatic heterocycles. The molecule has 0 saturated carbocycles. The van der Waals surface area contributed by atoms with Crippen LogP contribution >= 0.6 is 0 Å². The highest BCUT2D eigenvalue weighted by atomic mass is 16.5. The Labute approximate surface area is 117 Å². The number of nitrogens with zero attached hydrogens (tertiary/aromatic N) is 1. The molecule has 5 nitrogen and oxygen atoms in total. The largest absolute Gasteiger partial charge is 0.494 e. The van der Waals surface area contributed by atoms with Crippen LogP contribution in [0.2, 0.25) is 0 Å². The van der Waals surface area contributed by atoms with Gasteiger partial charge in [-0.2, -0.15) is 5.10 Å². The Morgan fingerprint density at radius 2 is 2.15 bits per heavy atom. The van der Waals surface area contributed by atoms with E-state index in [0.29, 0.717) is 6.61 Å². The second-order valence-electron chi connectivity index (χ2n) is 4.09. The number of hydrogen-bond acceptors (Lipinski definition) is 4. The number of carbonyl (C=O) groups excluding carboxylic acids is 1. The smallest absolute Gasteiger partial charge is 0.307 e. The minimum absolute atomic E-state index is 0.227. The molecule has 5 heteroatoms. The molecule has 1 N–H and O–H groups in total. The van der Waals surface area contributed by atoms with Crippen LogP contribution in [0.15, 0.2) is 52.2 Å². The van der Waals surface area contributed by atoms with Crippen molar-refractivity contribution in [3.8, 4) is 5.75 Å². The summed E-state index contributed by atoms with van der Waals surface area (Å²) < 4.78 is 10.4. The van der Waals surface area contributed by atoms with Gasteiger partial charge in [-0.15, -0.1) is 0 Å². The molecule has 2 aromatic rings. The molecule has 0 atom stereocenters. The highest BCUT2D eigenvalue weighted by molar-refractivity contribution is 5.92. The molecule has 0 radical (unpaired) electrons. The van der Waals surface area contributed by atoms with E-state index in [2.05, 4.69) is 17.5 Å². The van der Waals surface area contributed by atoms with Gasteiger partial charge in [-0.1, -0.05) is 6.92 Å². The van der Waals surface area contributed by atoms with E-state index in [1.54, 1.807) is 18.3 Å². The summed E-state index contributed by atoms with van der Waals surface area (Å²) in [4.78, 5) is 11.5. The molecule has 0 spiro atoms. The van der Waals surface area contributed by atoms with Gasteiger partial charge in [0.05, 0.1) is 19.1 Å². The average Bonchev–Trinajstić information content (AvgIpc) is 3.00. The first kappa shape index (κ1) is 13.9. The molecule has 1 heterocycles. The van der Waals surface area contributed by atoms with E-state index in [9.17, 15) is 4.79 Å². The Morgan fingerprint density at radius 3 is 2.80 bits per heavy atom. The van der Waals surface area contributed by atoms with Crippen molar-refractivity contribution < 1.29 is 13.9 Å². The number of nitrogens with one attached hydrogen (secondary N) is 1. The Bertz CT molecular complexity index is 559. The van der Waals surface area contributed by atoms with Crippen LogP contribution in [-0.2, 0) is 0 Å². The second-order valence-corrected chi connectivity index (χ2v) is 4.09. The first-order valence-electron chi connectivity index (χ1n) is 6.39. The third-order valence-corrected chi connectivity index (χ3v) is 2.48. The molecule has 0 aliphatic carbocycles. The molecule has 1 amide bonds. The maximum Gasteiger partial charge on any atom is 0.307 e. The zero-order valence-corrected chi connectivity index (χ0v) is 11.2. The van der Waals surface area contributed by atoms with Crippen LogP contribution in [0, 0.1) is 0 Å². The third kappa shape index (κ3) is 3.98. The lowest BCUT2D eigenvalue weighted by Crippen LogP contribution is -2.16. The van der Waals surface area contributed by atoms with Crippen LogP contribution in [0.3, 0.4) is 0 Å². The fraction of sp³-hybridized carbons (Fsp3) is 0.200. The van der Waals surface area contributed by atoms with E-state index < -0.39 is 0 Å². The van der Waals surface area contributed by atoms with Gasteiger partial charge in [-0.3, -0.25) is 4.79 Å². The molecule has 0 bridgehead atoms. The lowest BCUT2D eigenvalue weighted by Gasteiger charge is -2.03. The fourth-order valence-electron chi connectivity index (χ4n) is 1.50. The van der Waals surface area contributed by atoms with Crippen molar-refractivity contribution in [1.29, 1.82) is 0 Å². The second kappa shape index (κ2) is 7.13. The average molecular weight is 272 g/mol. The summed E-state index contributed by atoms with van der Waals surface area (Å²) in [5.74, 6) is 0.670. The zero-order valence-electron chi connectivity index (χ0n) is 11.2. The van der Waals surface area contributed by atoms with Crippen molar-refractivity contribution >= 4 is 12.1 Å². The lowest BCUT2D eigenvalue weighted by atomic mass is 10.2. The molecule has 0 fully saturated rings. The summed E-state index contributed by atoms with van der Waals surface area (Å²) in [5, 5.41) is 3.86. The topological polar surface area (TPSA) is 63.8 Å². The van der Waals surface area contributed by atoms with Crippen LogP contribution < -0.4 is 10.2 Å². The fourth-order valence-corrected chi connectivity index (χ4v) is 1.50. The predicted molar refractivity (Wildman–Crippen MR) is 76.0 cm³/mol. The number of rotatable bonds is 6. The molecule has 0 unspecified atom stereocenters. The Kier molecular flexibility index (Phi) is 4.94. The van der Waals surface area contributed by atoms with Crippen molar-refractivity contribution in [1.82, 2.24) is 5.43 Å². The van der Waals surface area contributed by atoms with Gasteiger partial charge in [0, 0.05) is 0 Å². The number of hydrogen-bond donors (Lipinski definition) is 1. The molecule has 2 rings (SSSR count). The van der Waals surface area contributed by atoms with Crippen molar-refractivity contribution in [3.05, 3.63) is 54.0 Å². The van der Waals surface area contributed by atoms with Crippen molar-refractivity contribution in [2.24, 2.45) is 5.10 Å². The van der Waals surface area contributed by atoms with Crippen LogP contribution in [-0.4, -0.2) is 18.7 Å². The van der Waals surface area contributed by atoms with E-state index in [1.165, 1.54) is 6.26 Å². The molecule has 20 heavy (non-hydrogen) atoms. The zero-order chi connectivity index (χ0) is 14.2. The third-order valence-electron chi connectivity index (χ3n) is 2.48. The van der Waals surface area contributed by atoms with Gasteiger partial charge in [-0.05, 0) is 48.4 Å². The maximum absolute atomic E-state index is 11.5. The van der Waals surface area contributed by atoms with E-state index >= 15 is 0 Å². The standard InChI is InChI=1S/C15H16N2O3/c1-2-9-19-13-7-5-12(6-8-13)11-16-17-15(18)14-4-3-10-20-14/h3-8,10-11H,2,9H2,1H3,(H,17,18)/b16-11-. The van der Waals surface area contributed by atoms with Crippen molar-refractivity contribution in [3.63, 3.8) is 0 Å². The van der Waals surface area contributed by atoms with Crippen LogP contribution in [0.5, 0.6) is 5.75 Å². The van der Waals surface area contributed by atoms with Gasteiger partial charge in [-0.25, -0.2) is 5.43 Å². The Morgan fingerprint density at radius 1 is 1.35 bits per heavy atom. The highest BCUT2D eigenvalue weighted by Crippen LogP contribution is 2.11. The maximum atomic E-state index is 11.5. The molecular weight excluding hydrogens is 256 g/mol. The number of amides is 1. The van der Waals surface area contributed by atoms with Crippen LogP contribution in [0.1, 0.15) is 29.5 Å². The van der Waals surface area contributed by atoms with Gasteiger partial charge < -0.3 is 9.15 Å². The SMILES string of the molecule is CCCOc1ccc(/C=N\NC(=O)c2ccco2)cc1. The normalized spacial score (nSPS) is 10.7. The number of hydrazone groups is 1. The van der Waals surface area contributed by atoms with Gasteiger partial charge in [0.25, 0.3) is 0 Å².